The normalized spacial score (nSPS) is 14.8. The molecule has 4 aromatic rings. The van der Waals surface area contributed by atoms with Gasteiger partial charge < -0.3 is 14.4 Å². The van der Waals surface area contributed by atoms with Crippen molar-refractivity contribution >= 4 is 34.5 Å². The maximum absolute atomic E-state index is 13.1. The molecule has 0 bridgehead atoms. The maximum atomic E-state index is 13.1. The van der Waals surface area contributed by atoms with Crippen molar-refractivity contribution < 1.29 is 14.1 Å². The van der Waals surface area contributed by atoms with E-state index in [9.17, 15) is 9.59 Å². The van der Waals surface area contributed by atoms with Crippen molar-refractivity contribution in [2.24, 2.45) is 0 Å². The summed E-state index contributed by atoms with van der Waals surface area (Å²) in [5.74, 6) is 0.718. The number of benzene rings is 2. The van der Waals surface area contributed by atoms with E-state index in [1.807, 2.05) is 57.2 Å². The molecule has 0 radical (unpaired) electrons. The van der Waals surface area contributed by atoms with Crippen LogP contribution in [0.15, 0.2) is 53.1 Å². The molecule has 0 unspecified atom stereocenters. The van der Waals surface area contributed by atoms with E-state index in [0.717, 1.165) is 22.5 Å². The summed E-state index contributed by atoms with van der Waals surface area (Å²) in [6, 6.07) is 14.6. The first-order valence-electron chi connectivity index (χ1n) is 9.98. The van der Waals surface area contributed by atoms with Crippen LogP contribution in [0.1, 0.15) is 41.2 Å². The molecule has 0 spiro atoms. The quantitative estimate of drug-likeness (QED) is 0.525. The van der Waals surface area contributed by atoms with E-state index in [1.54, 1.807) is 17.0 Å². The predicted octanol–water partition coefficient (Wildman–Crippen LogP) is 3.94. The molecule has 2 aromatic heterocycles. The Hall–Kier alpha value is -3.94. The highest BCUT2D eigenvalue weighted by molar-refractivity contribution is 6.09. The van der Waals surface area contributed by atoms with Gasteiger partial charge in [0.25, 0.3) is 5.91 Å². The van der Waals surface area contributed by atoms with Crippen LogP contribution in [0.4, 0.5) is 11.6 Å². The third-order valence-electron chi connectivity index (χ3n) is 5.60. The molecule has 5 rings (SSSR count). The average Bonchev–Trinajstić information content (AvgIpc) is 3.39. The standard InChI is InChI=1S/C23H21N5O3/c1-13-9-15(31-27-13)12-28-19-11-18-17(10-16(19)23(2,3)21(28)30)24-22(25-18)26-20(29)14-7-5-4-6-8-14/h4-11H,12H2,1-3H3,(H2,24,25,26,29). The molecular formula is C23H21N5O3. The van der Waals surface area contributed by atoms with Gasteiger partial charge in [0.1, 0.15) is 0 Å². The number of imidazole rings is 1. The van der Waals surface area contributed by atoms with Gasteiger partial charge in [0, 0.05) is 11.6 Å². The van der Waals surface area contributed by atoms with E-state index in [0.29, 0.717) is 29.3 Å². The van der Waals surface area contributed by atoms with Crippen molar-refractivity contribution in [3.8, 4) is 0 Å². The Bertz CT molecular complexity index is 1320. The van der Waals surface area contributed by atoms with Crippen molar-refractivity contribution in [1.29, 1.82) is 0 Å². The SMILES string of the molecule is Cc1cc(CN2C(=O)C(C)(C)c3cc4nc(NC(=O)c5ccccc5)[nH]c4cc32)on1. The number of hydrogen-bond donors (Lipinski definition) is 2. The predicted molar refractivity (Wildman–Crippen MR) is 116 cm³/mol. The molecule has 0 saturated heterocycles. The molecule has 8 nitrogen and oxygen atoms in total. The third-order valence-corrected chi connectivity index (χ3v) is 5.60. The van der Waals surface area contributed by atoms with Crippen LogP contribution in [0.2, 0.25) is 0 Å². The van der Waals surface area contributed by atoms with Crippen LogP contribution in [0.3, 0.4) is 0 Å². The summed E-state index contributed by atoms with van der Waals surface area (Å²) in [4.78, 5) is 35.0. The van der Waals surface area contributed by atoms with E-state index in [4.69, 9.17) is 4.52 Å². The number of aromatic amines is 1. The molecule has 1 aliphatic rings. The molecule has 1 aliphatic heterocycles. The lowest BCUT2D eigenvalue weighted by Crippen LogP contribution is -2.35. The highest BCUT2D eigenvalue weighted by atomic mass is 16.5. The molecule has 3 heterocycles. The number of rotatable bonds is 4. The Morgan fingerprint density at radius 1 is 1.19 bits per heavy atom. The molecule has 156 valence electrons. The molecular weight excluding hydrogens is 394 g/mol. The number of carbonyl (C=O) groups excluding carboxylic acids is 2. The zero-order chi connectivity index (χ0) is 21.8. The summed E-state index contributed by atoms with van der Waals surface area (Å²) in [7, 11) is 0. The average molecular weight is 415 g/mol. The zero-order valence-corrected chi connectivity index (χ0v) is 17.4. The van der Waals surface area contributed by atoms with Crippen LogP contribution in [0, 0.1) is 6.92 Å². The fourth-order valence-corrected chi connectivity index (χ4v) is 3.96. The Balaban J connectivity index is 1.50. The largest absolute Gasteiger partial charge is 0.359 e. The molecule has 0 fully saturated rings. The molecule has 0 atom stereocenters. The van der Waals surface area contributed by atoms with E-state index < -0.39 is 5.41 Å². The Morgan fingerprint density at radius 3 is 2.68 bits per heavy atom. The minimum atomic E-state index is -0.703. The number of amides is 2. The Kier molecular flexibility index (Phi) is 4.18. The number of hydrogen-bond acceptors (Lipinski definition) is 5. The second-order valence-corrected chi connectivity index (χ2v) is 8.24. The number of nitrogens with zero attached hydrogens (tertiary/aromatic N) is 3. The van der Waals surface area contributed by atoms with E-state index >= 15 is 0 Å². The summed E-state index contributed by atoms with van der Waals surface area (Å²) in [5.41, 5.74) is 3.70. The minimum absolute atomic E-state index is 0.0122. The van der Waals surface area contributed by atoms with Crippen molar-refractivity contribution in [2.75, 3.05) is 10.2 Å². The zero-order valence-electron chi connectivity index (χ0n) is 17.4. The topological polar surface area (TPSA) is 104 Å². The summed E-state index contributed by atoms with van der Waals surface area (Å²) in [5, 5.41) is 6.71. The van der Waals surface area contributed by atoms with Crippen LogP contribution in [-0.2, 0) is 16.8 Å². The summed E-state index contributed by atoms with van der Waals surface area (Å²) < 4.78 is 5.32. The van der Waals surface area contributed by atoms with Crippen LogP contribution >= 0.6 is 0 Å². The van der Waals surface area contributed by atoms with Crippen molar-refractivity contribution in [1.82, 2.24) is 15.1 Å². The molecule has 31 heavy (non-hydrogen) atoms. The lowest BCUT2D eigenvalue weighted by molar-refractivity contribution is -0.122. The summed E-state index contributed by atoms with van der Waals surface area (Å²) in [6.07, 6.45) is 0. The van der Waals surface area contributed by atoms with Crippen LogP contribution in [-0.4, -0.2) is 26.9 Å². The number of nitrogens with one attached hydrogen (secondary N) is 2. The maximum Gasteiger partial charge on any atom is 0.257 e. The van der Waals surface area contributed by atoms with Crippen LogP contribution in [0.5, 0.6) is 0 Å². The van der Waals surface area contributed by atoms with Gasteiger partial charge in [0.05, 0.1) is 34.4 Å². The highest BCUT2D eigenvalue weighted by Gasteiger charge is 2.44. The highest BCUT2D eigenvalue weighted by Crippen LogP contribution is 2.44. The monoisotopic (exact) mass is 415 g/mol. The number of carbonyl (C=O) groups is 2. The van der Waals surface area contributed by atoms with E-state index in [1.165, 1.54) is 0 Å². The number of aromatic nitrogens is 3. The molecule has 2 N–H and O–H groups in total. The Labute approximate surface area is 178 Å². The van der Waals surface area contributed by atoms with Crippen LogP contribution < -0.4 is 10.2 Å². The second-order valence-electron chi connectivity index (χ2n) is 8.24. The summed E-state index contributed by atoms with van der Waals surface area (Å²) in [6.45, 7) is 5.94. The van der Waals surface area contributed by atoms with Gasteiger partial charge in [-0.15, -0.1) is 0 Å². The number of H-pyrrole nitrogens is 1. The number of fused-ring (bicyclic) bond motifs is 2. The van der Waals surface area contributed by atoms with Gasteiger partial charge in [-0.25, -0.2) is 4.98 Å². The lowest BCUT2D eigenvalue weighted by atomic mass is 9.86. The third kappa shape index (κ3) is 3.16. The molecule has 8 heteroatoms. The van der Waals surface area contributed by atoms with Crippen molar-refractivity contribution in [3.05, 3.63) is 71.1 Å². The first-order valence-corrected chi connectivity index (χ1v) is 9.98. The fraction of sp³-hybridized carbons (Fsp3) is 0.217. The molecule has 0 aliphatic carbocycles. The smallest absolute Gasteiger partial charge is 0.257 e. The van der Waals surface area contributed by atoms with Gasteiger partial charge in [-0.05, 0) is 50.6 Å². The Morgan fingerprint density at radius 2 is 1.97 bits per heavy atom. The first kappa shape index (κ1) is 19.0. The van der Waals surface area contributed by atoms with Crippen molar-refractivity contribution in [3.63, 3.8) is 0 Å². The first-order chi connectivity index (χ1) is 14.8. The van der Waals surface area contributed by atoms with Gasteiger partial charge in [0.15, 0.2) is 5.76 Å². The van der Waals surface area contributed by atoms with E-state index in [2.05, 4.69) is 20.4 Å². The van der Waals surface area contributed by atoms with Crippen LogP contribution in [0.25, 0.3) is 11.0 Å². The fourth-order valence-electron chi connectivity index (χ4n) is 3.96. The van der Waals surface area contributed by atoms with Gasteiger partial charge >= 0.3 is 0 Å². The molecule has 0 saturated carbocycles. The minimum Gasteiger partial charge on any atom is -0.359 e. The van der Waals surface area contributed by atoms with Gasteiger partial charge in [-0.1, -0.05) is 23.4 Å². The number of aryl methyl sites for hydroxylation is 1. The van der Waals surface area contributed by atoms with Gasteiger partial charge in [-0.2, -0.15) is 0 Å². The summed E-state index contributed by atoms with van der Waals surface area (Å²) >= 11 is 0. The second kappa shape index (κ2) is 6.80. The lowest BCUT2D eigenvalue weighted by Gasteiger charge is -2.19. The van der Waals surface area contributed by atoms with E-state index in [-0.39, 0.29) is 11.8 Å². The van der Waals surface area contributed by atoms with Gasteiger partial charge in [0.2, 0.25) is 11.9 Å². The molecule has 2 aromatic carbocycles. The van der Waals surface area contributed by atoms with Crippen molar-refractivity contribution in [2.45, 2.75) is 32.7 Å². The number of anilines is 2. The molecule has 2 amide bonds. The van der Waals surface area contributed by atoms with Gasteiger partial charge in [-0.3, -0.25) is 14.9 Å².